The average molecular weight is 425 g/mol. The van der Waals surface area contributed by atoms with Gasteiger partial charge >= 0.3 is 0 Å². The second kappa shape index (κ2) is 9.47. The van der Waals surface area contributed by atoms with Crippen LogP contribution in [0.25, 0.3) is 11.1 Å². The van der Waals surface area contributed by atoms with Crippen molar-refractivity contribution in [3.05, 3.63) is 42.0 Å². The van der Waals surface area contributed by atoms with E-state index in [-0.39, 0.29) is 6.10 Å². The van der Waals surface area contributed by atoms with Crippen molar-refractivity contribution in [2.45, 2.75) is 52.3 Å². The third kappa shape index (κ3) is 5.41. The van der Waals surface area contributed by atoms with E-state index in [9.17, 15) is 0 Å². The Hall–Kier alpha value is -2.93. The number of piperidine rings is 1. The topological polar surface area (TPSA) is 85.8 Å². The number of nitrogens with zero attached hydrogens (tertiary/aromatic N) is 2. The minimum absolute atomic E-state index is 0.121. The molecule has 31 heavy (non-hydrogen) atoms. The molecule has 1 aliphatic rings. The van der Waals surface area contributed by atoms with Crippen LogP contribution in [0.2, 0.25) is 0 Å². The summed E-state index contributed by atoms with van der Waals surface area (Å²) in [6.45, 7) is 9.60. The fourth-order valence-corrected chi connectivity index (χ4v) is 3.94. The molecule has 0 atom stereocenters. The monoisotopic (exact) mass is 424 g/mol. The molecule has 0 amide bonds. The van der Waals surface area contributed by atoms with Crippen molar-refractivity contribution in [1.82, 2.24) is 9.88 Å². The van der Waals surface area contributed by atoms with E-state index in [0.29, 0.717) is 24.4 Å². The highest BCUT2D eigenvalue weighted by molar-refractivity contribution is 5.78. The lowest BCUT2D eigenvalue weighted by Crippen LogP contribution is -2.38. The summed E-state index contributed by atoms with van der Waals surface area (Å²) in [5.74, 6) is 1.63. The van der Waals surface area contributed by atoms with Crippen LogP contribution in [0.5, 0.6) is 11.5 Å². The molecule has 4 rings (SSSR count). The van der Waals surface area contributed by atoms with Gasteiger partial charge in [-0.1, -0.05) is 6.07 Å². The van der Waals surface area contributed by atoms with Gasteiger partial charge in [-0.2, -0.15) is 4.98 Å². The van der Waals surface area contributed by atoms with E-state index in [4.69, 9.17) is 19.6 Å². The van der Waals surface area contributed by atoms with Gasteiger partial charge in [-0.15, -0.1) is 0 Å². The average Bonchev–Trinajstić information content (AvgIpc) is 3.12. The van der Waals surface area contributed by atoms with Crippen LogP contribution in [-0.2, 0) is 6.54 Å². The molecular weight excluding hydrogens is 392 g/mol. The minimum Gasteiger partial charge on any atom is -0.490 e. The second-order valence-electron chi connectivity index (χ2n) is 8.32. The molecule has 3 aromatic rings. The number of anilines is 2. The van der Waals surface area contributed by atoms with E-state index in [1.54, 1.807) is 0 Å². The van der Waals surface area contributed by atoms with Crippen LogP contribution in [0.4, 0.5) is 11.7 Å². The minimum atomic E-state index is 0.121. The predicted molar refractivity (Wildman–Crippen MR) is 124 cm³/mol. The normalized spacial score (nSPS) is 15.5. The third-order valence-corrected chi connectivity index (χ3v) is 5.40. The number of nitrogens with one attached hydrogen (secondary N) is 1. The SMILES string of the molecule is CCOc1cc(CN2CCC(Nc3nc4cc(N)ccc4o3)CC2)ccc1OC(C)C. The zero-order valence-electron chi connectivity index (χ0n) is 18.6. The van der Waals surface area contributed by atoms with Gasteiger partial charge in [-0.05, 0) is 69.5 Å². The summed E-state index contributed by atoms with van der Waals surface area (Å²) in [6, 6.07) is 12.7. The lowest BCUT2D eigenvalue weighted by Gasteiger charge is -2.32. The maximum Gasteiger partial charge on any atom is 0.295 e. The number of nitrogen functional groups attached to an aromatic ring is 1. The number of nitrogens with two attached hydrogens (primary N) is 1. The van der Waals surface area contributed by atoms with Crippen molar-refractivity contribution in [3.8, 4) is 11.5 Å². The number of aromatic nitrogens is 1. The number of rotatable bonds is 8. The maximum atomic E-state index is 5.87. The zero-order chi connectivity index (χ0) is 21.8. The molecule has 0 bridgehead atoms. The maximum absolute atomic E-state index is 5.87. The molecule has 166 valence electrons. The fourth-order valence-electron chi connectivity index (χ4n) is 3.94. The zero-order valence-corrected chi connectivity index (χ0v) is 18.6. The van der Waals surface area contributed by atoms with E-state index in [2.05, 4.69) is 27.3 Å². The highest BCUT2D eigenvalue weighted by Crippen LogP contribution is 2.30. The summed E-state index contributed by atoms with van der Waals surface area (Å²) in [7, 11) is 0. The first-order valence-corrected chi connectivity index (χ1v) is 11.1. The number of hydrogen-bond donors (Lipinski definition) is 2. The standard InChI is InChI=1S/C24H32N4O3/c1-4-29-23-13-17(5-7-22(23)30-16(2)3)15-28-11-9-19(10-12-28)26-24-27-20-14-18(25)6-8-21(20)31-24/h5-8,13-14,16,19H,4,9-12,15,25H2,1-3H3,(H,26,27). The van der Waals surface area contributed by atoms with Gasteiger partial charge in [-0.25, -0.2) is 0 Å². The molecule has 0 unspecified atom stereocenters. The predicted octanol–water partition coefficient (Wildman–Crippen LogP) is 4.67. The van der Waals surface area contributed by atoms with Crippen LogP contribution < -0.4 is 20.5 Å². The van der Waals surface area contributed by atoms with E-state index < -0.39 is 0 Å². The number of hydrogen-bond acceptors (Lipinski definition) is 7. The Kier molecular flexibility index (Phi) is 6.51. The van der Waals surface area contributed by atoms with E-state index in [1.165, 1.54) is 5.56 Å². The number of likely N-dealkylation sites (tertiary alicyclic amines) is 1. The Morgan fingerprint density at radius 3 is 2.71 bits per heavy atom. The van der Waals surface area contributed by atoms with Gasteiger partial charge in [0, 0.05) is 31.4 Å². The van der Waals surface area contributed by atoms with E-state index in [0.717, 1.165) is 55.1 Å². The van der Waals surface area contributed by atoms with Crippen LogP contribution in [0.3, 0.4) is 0 Å². The van der Waals surface area contributed by atoms with Crippen LogP contribution in [0.15, 0.2) is 40.8 Å². The Bertz CT molecular complexity index is 1010. The van der Waals surface area contributed by atoms with Crippen LogP contribution in [0.1, 0.15) is 39.2 Å². The summed E-state index contributed by atoms with van der Waals surface area (Å²) in [5, 5.41) is 3.44. The highest BCUT2D eigenvalue weighted by Gasteiger charge is 2.21. The molecular formula is C24H32N4O3. The summed E-state index contributed by atoms with van der Waals surface area (Å²) in [4.78, 5) is 6.98. The summed E-state index contributed by atoms with van der Waals surface area (Å²) in [6.07, 6.45) is 2.19. The first kappa shape index (κ1) is 21.3. The molecule has 0 spiro atoms. The van der Waals surface area contributed by atoms with E-state index >= 15 is 0 Å². The Balaban J connectivity index is 1.32. The molecule has 1 saturated heterocycles. The van der Waals surface area contributed by atoms with Gasteiger partial charge in [0.05, 0.1) is 12.7 Å². The second-order valence-corrected chi connectivity index (χ2v) is 8.32. The molecule has 1 aliphatic heterocycles. The van der Waals surface area contributed by atoms with Crippen molar-refractivity contribution >= 4 is 22.8 Å². The van der Waals surface area contributed by atoms with Crippen molar-refractivity contribution < 1.29 is 13.9 Å². The summed E-state index contributed by atoms with van der Waals surface area (Å²) >= 11 is 0. The molecule has 0 aliphatic carbocycles. The molecule has 7 nitrogen and oxygen atoms in total. The third-order valence-electron chi connectivity index (χ3n) is 5.40. The first-order valence-electron chi connectivity index (χ1n) is 11.1. The largest absolute Gasteiger partial charge is 0.490 e. The highest BCUT2D eigenvalue weighted by atomic mass is 16.5. The lowest BCUT2D eigenvalue weighted by molar-refractivity contribution is 0.208. The molecule has 0 saturated carbocycles. The van der Waals surface area contributed by atoms with Crippen molar-refractivity contribution in [1.29, 1.82) is 0 Å². The number of oxazole rings is 1. The molecule has 3 N–H and O–H groups in total. The van der Waals surface area contributed by atoms with Crippen LogP contribution in [0, 0.1) is 0 Å². The van der Waals surface area contributed by atoms with Crippen molar-refractivity contribution in [3.63, 3.8) is 0 Å². The molecule has 1 fully saturated rings. The molecule has 1 aromatic heterocycles. The molecule has 0 radical (unpaired) electrons. The van der Waals surface area contributed by atoms with Crippen molar-refractivity contribution in [2.75, 3.05) is 30.7 Å². The van der Waals surface area contributed by atoms with Gasteiger partial charge in [0.15, 0.2) is 17.1 Å². The van der Waals surface area contributed by atoms with Gasteiger partial charge in [0.25, 0.3) is 6.01 Å². The Labute approximate surface area is 183 Å². The fraction of sp³-hybridized carbons (Fsp3) is 0.458. The number of ether oxygens (including phenoxy) is 2. The summed E-state index contributed by atoms with van der Waals surface area (Å²) < 4.78 is 17.5. The molecule has 2 heterocycles. The smallest absolute Gasteiger partial charge is 0.295 e. The van der Waals surface area contributed by atoms with Gasteiger partial charge in [0.2, 0.25) is 0 Å². The van der Waals surface area contributed by atoms with Gasteiger partial charge in [-0.3, -0.25) is 4.90 Å². The van der Waals surface area contributed by atoms with Crippen molar-refractivity contribution in [2.24, 2.45) is 0 Å². The Morgan fingerprint density at radius 2 is 1.97 bits per heavy atom. The van der Waals surface area contributed by atoms with Gasteiger partial charge < -0.3 is 24.9 Å². The van der Waals surface area contributed by atoms with Gasteiger partial charge in [0.1, 0.15) is 5.52 Å². The van der Waals surface area contributed by atoms with Crippen LogP contribution in [-0.4, -0.2) is 41.7 Å². The number of benzene rings is 2. The Morgan fingerprint density at radius 1 is 1.16 bits per heavy atom. The molecule has 7 heteroatoms. The lowest BCUT2D eigenvalue weighted by atomic mass is 10.0. The van der Waals surface area contributed by atoms with Crippen LogP contribution >= 0.6 is 0 Å². The molecule has 2 aromatic carbocycles. The van der Waals surface area contributed by atoms with E-state index in [1.807, 2.05) is 45.0 Å². The quantitative estimate of drug-likeness (QED) is 0.508. The summed E-state index contributed by atoms with van der Waals surface area (Å²) in [5.41, 5.74) is 9.30. The number of fused-ring (bicyclic) bond motifs is 1. The first-order chi connectivity index (χ1) is 15.0.